The van der Waals surface area contributed by atoms with E-state index in [-0.39, 0.29) is 5.91 Å². The van der Waals surface area contributed by atoms with Gasteiger partial charge in [0.2, 0.25) is 0 Å². The number of carbonyl (C=O) groups is 1. The van der Waals surface area contributed by atoms with Crippen molar-refractivity contribution in [2.24, 2.45) is 0 Å². The second kappa shape index (κ2) is 7.43. The van der Waals surface area contributed by atoms with Gasteiger partial charge in [-0.3, -0.25) is 9.89 Å². The van der Waals surface area contributed by atoms with Gasteiger partial charge in [0, 0.05) is 37.0 Å². The molecule has 1 fully saturated rings. The van der Waals surface area contributed by atoms with E-state index in [0.717, 1.165) is 70.9 Å². The third-order valence-corrected chi connectivity index (χ3v) is 7.81. The summed E-state index contributed by atoms with van der Waals surface area (Å²) in [6.45, 7) is 3.47. The molecule has 0 bridgehead atoms. The number of nitrogens with one attached hydrogen (secondary N) is 1. The Bertz CT molecular complexity index is 1300. The van der Waals surface area contributed by atoms with Crippen molar-refractivity contribution in [3.8, 4) is 10.6 Å². The number of hydrogen-bond acceptors (Lipinski definition) is 5. The van der Waals surface area contributed by atoms with Crippen LogP contribution in [0.15, 0.2) is 30.5 Å². The molecular formula is C24H25N5OS. The van der Waals surface area contributed by atoms with Crippen LogP contribution in [-0.2, 0) is 12.8 Å². The van der Waals surface area contributed by atoms with Gasteiger partial charge in [-0.05, 0) is 68.1 Å². The summed E-state index contributed by atoms with van der Waals surface area (Å²) in [4.78, 5) is 24.3. The quantitative estimate of drug-likeness (QED) is 0.519. The Morgan fingerprint density at radius 2 is 1.84 bits per heavy atom. The number of likely N-dealkylation sites (N-methyl/N-ethyl adjacent to an activating group) is 1. The third kappa shape index (κ3) is 3.15. The summed E-state index contributed by atoms with van der Waals surface area (Å²) in [5.74, 6) is 0.152. The van der Waals surface area contributed by atoms with Crippen LogP contribution < -0.4 is 0 Å². The Labute approximate surface area is 184 Å². The first-order valence-electron chi connectivity index (χ1n) is 11.0. The largest absolute Gasteiger partial charge is 0.335 e. The first-order valence-corrected chi connectivity index (χ1v) is 11.9. The maximum absolute atomic E-state index is 13.1. The molecule has 1 aromatic carbocycles. The second-order valence-corrected chi connectivity index (χ2v) is 9.76. The summed E-state index contributed by atoms with van der Waals surface area (Å²) >= 11 is 1.59. The van der Waals surface area contributed by atoms with Crippen molar-refractivity contribution in [3.63, 3.8) is 0 Å². The summed E-state index contributed by atoms with van der Waals surface area (Å²) in [7, 11) is 2.11. The van der Waals surface area contributed by atoms with Crippen molar-refractivity contribution in [1.82, 2.24) is 25.0 Å². The van der Waals surface area contributed by atoms with Crippen molar-refractivity contribution in [2.75, 3.05) is 33.2 Å². The van der Waals surface area contributed by atoms with Gasteiger partial charge in [0.1, 0.15) is 0 Å². The highest BCUT2D eigenvalue weighted by molar-refractivity contribution is 7.17. The zero-order chi connectivity index (χ0) is 20.9. The number of aryl methyl sites for hydroxylation is 1. The molecule has 0 unspecified atom stereocenters. The molecule has 1 saturated heterocycles. The number of thiophene rings is 1. The molecule has 0 saturated carbocycles. The number of amides is 1. The molecule has 6 rings (SSSR count). The number of piperazine rings is 1. The molecule has 1 N–H and O–H groups in total. The first-order chi connectivity index (χ1) is 15.2. The molecule has 7 heteroatoms. The summed E-state index contributed by atoms with van der Waals surface area (Å²) in [6, 6.07) is 8.24. The van der Waals surface area contributed by atoms with E-state index in [1.807, 2.05) is 17.2 Å². The van der Waals surface area contributed by atoms with Crippen LogP contribution in [0.1, 0.15) is 33.6 Å². The minimum absolute atomic E-state index is 0.152. The van der Waals surface area contributed by atoms with Gasteiger partial charge in [-0.2, -0.15) is 5.10 Å². The minimum atomic E-state index is 0.152. The topological polar surface area (TPSA) is 65.1 Å². The maximum atomic E-state index is 13.1. The summed E-state index contributed by atoms with van der Waals surface area (Å²) < 4.78 is 0. The highest BCUT2D eigenvalue weighted by atomic mass is 32.1. The van der Waals surface area contributed by atoms with Gasteiger partial charge < -0.3 is 9.80 Å². The van der Waals surface area contributed by atoms with Crippen molar-refractivity contribution in [2.45, 2.75) is 25.7 Å². The molecule has 0 spiro atoms. The minimum Gasteiger partial charge on any atom is -0.335 e. The molecule has 2 aliphatic rings. The number of carbonyl (C=O) groups excluding carboxylic acids is 1. The van der Waals surface area contributed by atoms with E-state index in [0.29, 0.717) is 0 Å². The molecule has 4 aromatic rings. The number of aromatic amines is 1. The smallest absolute Gasteiger partial charge is 0.264 e. The summed E-state index contributed by atoms with van der Waals surface area (Å²) in [6.07, 6.45) is 6.43. The zero-order valence-electron chi connectivity index (χ0n) is 17.6. The molecule has 158 valence electrons. The lowest BCUT2D eigenvalue weighted by atomic mass is 9.86. The number of benzene rings is 1. The Kier molecular flexibility index (Phi) is 4.54. The average molecular weight is 432 g/mol. The van der Waals surface area contributed by atoms with E-state index in [1.165, 1.54) is 29.4 Å². The van der Waals surface area contributed by atoms with Gasteiger partial charge in [-0.25, -0.2) is 4.98 Å². The average Bonchev–Trinajstić information content (AvgIpc) is 3.48. The van der Waals surface area contributed by atoms with Crippen LogP contribution in [0.3, 0.4) is 0 Å². The lowest BCUT2D eigenvalue weighted by Crippen LogP contribution is -2.46. The number of pyridine rings is 1. The predicted molar refractivity (Wildman–Crippen MR) is 125 cm³/mol. The summed E-state index contributed by atoms with van der Waals surface area (Å²) in [5, 5.41) is 9.75. The first kappa shape index (κ1) is 19.0. The Morgan fingerprint density at radius 3 is 2.68 bits per heavy atom. The molecule has 0 radical (unpaired) electrons. The van der Waals surface area contributed by atoms with Crippen LogP contribution in [0, 0.1) is 0 Å². The van der Waals surface area contributed by atoms with Crippen molar-refractivity contribution < 1.29 is 4.79 Å². The zero-order valence-corrected chi connectivity index (χ0v) is 18.5. The molecule has 31 heavy (non-hydrogen) atoms. The summed E-state index contributed by atoms with van der Waals surface area (Å²) in [5.41, 5.74) is 5.91. The lowest BCUT2D eigenvalue weighted by Gasteiger charge is -2.32. The van der Waals surface area contributed by atoms with E-state index in [9.17, 15) is 4.79 Å². The molecule has 3 aromatic heterocycles. The standard InChI is InChI=1S/C24H25N5OS/c1-28-10-12-29(13-11-28)24(30)21-9-8-20(31-21)23-16-5-3-2-4-15(16)22-17-14-25-27-18(17)6-7-19(22)26-23/h6-9,14H,2-5,10-13H2,1H3,(H,25,27). The fourth-order valence-corrected chi connectivity index (χ4v) is 5.99. The van der Waals surface area contributed by atoms with E-state index < -0.39 is 0 Å². The van der Waals surface area contributed by atoms with Gasteiger partial charge in [0.05, 0.1) is 32.7 Å². The van der Waals surface area contributed by atoms with Crippen molar-refractivity contribution in [3.05, 3.63) is 46.5 Å². The Morgan fingerprint density at radius 1 is 1.03 bits per heavy atom. The Balaban J connectivity index is 1.44. The molecule has 0 atom stereocenters. The van der Waals surface area contributed by atoms with E-state index in [4.69, 9.17) is 4.98 Å². The van der Waals surface area contributed by atoms with Crippen LogP contribution in [0.4, 0.5) is 0 Å². The van der Waals surface area contributed by atoms with Gasteiger partial charge >= 0.3 is 0 Å². The van der Waals surface area contributed by atoms with Crippen molar-refractivity contribution in [1.29, 1.82) is 0 Å². The molecule has 1 amide bonds. The van der Waals surface area contributed by atoms with E-state index in [2.05, 4.69) is 40.3 Å². The lowest BCUT2D eigenvalue weighted by molar-refractivity contribution is 0.0669. The number of H-pyrrole nitrogens is 1. The van der Waals surface area contributed by atoms with Crippen molar-refractivity contribution >= 4 is 39.0 Å². The van der Waals surface area contributed by atoms with Gasteiger partial charge in [-0.15, -0.1) is 11.3 Å². The van der Waals surface area contributed by atoms with Crippen LogP contribution in [0.5, 0.6) is 0 Å². The van der Waals surface area contributed by atoms with E-state index >= 15 is 0 Å². The maximum Gasteiger partial charge on any atom is 0.264 e. The predicted octanol–water partition coefficient (Wildman–Crippen LogP) is 4.11. The molecular weight excluding hydrogens is 406 g/mol. The van der Waals surface area contributed by atoms with Crippen LogP contribution in [0.2, 0.25) is 0 Å². The Hall–Kier alpha value is -2.77. The number of nitrogens with zero attached hydrogens (tertiary/aromatic N) is 4. The molecule has 6 nitrogen and oxygen atoms in total. The van der Waals surface area contributed by atoms with Crippen LogP contribution >= 0.6 is 11.3 Å². The highest BCUT2D eigenvalue weighted by Gasteiger charge is 2.25. The number of aromatic nitrogens is 3. The number of hydrogen-bond donors (Lipinski definition) is 1. The van der Waals surface area contributed by atoms with Gasteiger partial charge in [0.25, 0.3) is 5.91 Å². The fraction of sp³-hybridized carbons (Fsp3) is 0.375. The molecule has 1 aliphatic carbocycles. The number of fused-ring (bicyclic) bond motifs is 5. The van der Waals surface area contributed by atoms with E-state index in [1.54, 1.807) is 11.3 Å². The van der Waals surface area contributed by atoms with Gasteiger partial charge in [0.15, 0.2) is 0 Å². The number of rotatable bonds is 2. The molecule has 1 aliphatic heterocycles. The molecule has 4 heterocycles. The third-order valence-electron chi connectivity index (χ3n) is 6.73. The monoisotopic (exact) mass is 431 g/mol. The fourth-order valence-electron chi connectivity index (χ4n) is 5.00. The SMILES string of the molecule is CN1CCN(C(=O)c2ccc(-c3nc4ccc5[nH]ncc5c4c4c3CCCC4)s2)CC1. The van der Waals surface area contributed by atoms with Gasteiger partial charge in [-0.1, -0.05) is 0 Å². The van der Waals surface area contributed by atoms with Crippen LogP contribution in [-0.4, -0.2) is 64.1 Å². The second-order valence-electron chi connectivity index (χ2n) is 8.67. The highest BCUT2D eigenvalue weighted by Crippen LogP contribution is 2.39. The van der Waals surface area contributed by atoms with Crippen LogP contribution in [0.25, 0.3) is 32.4 Å². The normalized spacial score (nSPS) is 17.4.